The fraction of sp³-hybridized carbons (Fsp3) is 1.00. The Balaban J connectivity index is 2.02. The SMILES string of the molecule is CC(C)(CC1CNCC[C@H]1C(C)(C)C)C1CCNC1. The zero-order valence-electron chi connectivity index (χ0n) is 13.7. The van der Waals surface area contributed by atoms with Gasteiger partial charge < -0.3 is 10.6 Å². The van der Waals surface area contributed by atoms with E-state index in [-0.39, 0.29) is 0 Å². The number of piperidine rings is 1. The van der Waals surface area contributed by atoms with Crippen LogP contribution in [0.15, 0.2) is 0 Å². The summed E-state index contributed by atoms with van der Waals surface area (Å²) in [6.45, 7) is 17.2. The maximum Gasteiger partial charge on any atom is -0.00149 e. The molecule has 0 aromatic rings. The first-order valence-corrected chi connectivity index (χ1v) is 8.22. The lowest BCUT2D eigenvalue weighted by molar-refractivity contribution is 0.0646. The van der Waals surface area contributed by atoms with Gasteiger partial charge in [-0.2, -0.15) is 0 Å². The molecule has 0 amide bonds. The Hall–Kier alpha value is -0.0800. The predicted octanol–water partition coefficient (Wildman–Crippen LogP) is 3.28. The van der Waals surface area contributed by atoms with E-state index in [1.54, 1.807) is 0 Å². The minimum Gasteiger partial charge on any atom is -0.316 e. The molecule has 2 aliphatic heterocycles. The highest BCUT2D eigenvalue weighted by molar-refractivity contribution is 4.92. The van der Waals surface area contributed by atoms with Crippen molar-refractivity contribution >= 4 is 0 Å². The summed E-state index contributed by atoms with van der Waals surface area (Å²) < 4.78 is 0. The van der Waals surface area contributed by atoms with Crippen molar-refractivity contribution < 1.29 is 0 Å². The van der Waals surface area contributed by atoms with Crippen LogP contribution in [0.25, 0.3) is 0 Å². The van der Waals surface area contributed by atoms with Gasteiger partial charge in [-0.3, -0.25) is 0 Å². The fourth-order valence-electron chi connectivity index (χ4n) is 4.44. The number of nitrogens with one attached hydrogen (secondary N) is 2. The van der Waals surface area contributed by atoms with E-state index < -0.39 is 0 Å². The molecule has 0 aliphatic carbocycles. The van der Waals surface area contributed by atoms with Crippen LogP contribution in [0.3, 0.4) is 0 Å². The summed E-state index contributed by atoms with van der Waals surface area (Å²) in [6.07, 6.45) is 4.11. The van der Waals surface area contributed by atoms with E-state index in [0.717, 1.165) is 17.8 Å². The van der Waals surface area contributed by atoms with Gasteiger partial charge in [0, 0.05) is 0 Å². The lowest BCUT2D eigenvalue weighted by atomic mass is 9.63. The third-order valence-corrected chi connectivity index (χ3v) is 5.67. The van der Waals surface area contributed by atoms with Gasteiger partial charge in [-0.25, -0.2) is 0 Å². The molecule has 2 unspecified atom stereocenters. The molecule has 0 radical (unpaired) electrons. The van der Waals surface area contributed by atoms with Crippen LogP contribution in [0.1, 0.15) is 53.9 Å². The molecule has 2 fully saturated rings. The average molecular weight is 266 g/mol. The van der Waals surface area contributed by atoms with E-state index in [4.69, 9.17) is 0 Å². The normalized spacial score (nSPS) is 33.6. The molecule has 19 heavy (non-hydrogen) atoms. The van der Waals surface area contributed by atoms with Crippen molar-refractivity contribution in [3.8, 4) is 0 Å². The molecular formula is C17H34N2. The Morgan fingerprint density at radius 3 is 2.11 bits per heavy atom. The highest BCUT2D eigenvalue weighted by Crippen LogP contribution is 2.44. The third-order valence-electron chi connectivity index (χ3n) is 5.67. The maximum absolute atomic E-state index is 3.63. The molecule has 2 rings (SSSR count). The lowest BCUT2D eigenvalue weighted by Gasteiger charge is -2.45. The van der Waals surface area contributed by atoms with Gasteiger partial charge in [0.1, 0.15) is 0 Å². The van der Waals surface area contributed by atoms with Crippen molar-refractivity contribution in [3.05, 3.63) is 0 Å². The van der Waals surface area contributed by atoms with Crippen molar-refractivity contribution in [2.24, 2.45) is 28.6 Å². The molecule has 2 N–H and O–H groups in total. The molecule has 0 saturated carbocycles. The molecular weight excluding hydrogens is 232 g/mol. The monoisotopic (exact) mass is 266 g/mol. The van der Waals surface area contributed by atoms with Crippen LogP contribution < -0.4 is 10.6 Å². The van der Waals surface area contributed by atoms with E-state index in [2.05, 4.69) is 45.3 Å². The highest BCUT2D eigenvalue weighted by atomic mass is 14.9. The van der Waals surface area contributed by atoms with E-state index in [1.165, 1.54) is 45.4 Å². The van der Waals surface area contributed by atoms with Crippen LogP contribution in [0.4, 0.5) is 0 Å². The summed E-state index contributed by atoms with van der Waals surface area (Å²) in [5.74, 6) is 2.60. The second kappa shape index (κ2) is 5.73. The third kappa shape index (κ3) is 3.72. The summed E-state index contributed by atoms with van der Waals surface area (Å²) in [6, 6.07) is 0. The molecule has 112 valence electrons. The molecule has 2 nitrogen and oxygen atoms in total. The summed E-state index contributed by atoms with van der Waals surface area (Å²) in [7, 11) is 0. The largest absolute Gasteiger partial charge is 0.316 e. The second-order valence-corrected chi connectivity index (χ2v) is 8.61. The molecule has 2 heteroatoms. The predicted molar refractivity (Wildman–Crippen MR) is 83.3 cm³/mol. The Morgan fingerprint density at radius 1 is 0.895 bits per heavy atom. The van der Waals surface area contributed by atoms with Crippen molar-refractivity contribution in [3.63, 3.8) is 0 Å². The van der Waals surface area contributed by atoms with E-state index in [1.807, 2.05) is 0 Å². The first kappa shape index (κ1) is 15.3. The van der Waals surface area contributed by atoms with Gasteiger partial charge in [0.05, 0.1) is 0 Å². The van der Waals surface area contributed by atoms with Crippen LogP contribution in [0, 0.1) is 28.6 Å². The molecule has 2 saturated heterocycles. The first-order chi connectivity index (χ1) is 8.81. The summed E-state index contributed by atoms with van der Waals surface area (Å²) >= 11 is 0. The summed E-state index contributed by atoms with van der Waals surface area (Å²) in [5, 5.41) is 7.18. The molecule has 0 aromatic heterocycles. The van der Waals surface area contributed by atoms with Crippen molar-refractivity contribution in [2.45, 2.75) is 53.9 Å². The Morgan fingerprint density at radius 2 is 1.53 bits per heavy atom. The van der Waals surface area contributed by atoms with E-state index in [9.17, 15) is 0 Å². The van der Waals surface area contributed by atoms with Gasteiger partial charge in [-0.05, 0) is 74.0 Å². The highest BCUT2D eigenvalue weighted by Gasteiger charge is 2.40. The fourth-order valence-corrected chi connectivity index (χ4v) is 4.44. The number of rotatable bonds is 3. The number of hydrogen-bond acceptors (Lipinski definition) is 2. The van der Waals surface area contributed by atoms with Crippen LogP contribution in [0.5, 0.6) is 0 Å². The lowest BCUT2D eigenvalue weighted by Crippen LogP contribution is -2.44. The van der Waals surface area contributed by atoms with Gasteiger partial charge >= 0.3 is 0 Å². The minimum absolute atomic E-state index is 0.455. The quantitative estimate of drug-likeness (QED) is 0.819. The molecule has 3 atom stereocenters. The maximum atomic E-state index is 3.63. The Kier molecular flexibility index (Phi) is 4.62. The average Bonchev–Trinajstić information content (AvgIpc) is 2.81. The van der Waals surface area contributed by atoms with E-state index in [0.29, 0.717) is 10.8 Å². The first-order valence-electron chi connectivity index (χ1n) is 8.22. The van der Waals surface area contributed by atoms with Gasteiger partial charge in [-0.15, -0.1) is 0 Å². The van der Waals surface area contributed by atoms with Gasteiger partial charge in [0.15, 0.2) is 0 Å². The van der Waals surface area contributed by atoms with Crippen LogP contribution in [-0.4, -0.2) is 26.2 Å². The zero-order valence-corrected chi connectivity index (χ0v) is 13.7. The van der Waals surface area contributed by atoms with Crippen molar-refractivity contribution in [1.29, 1.82) is 0 Å². The molecule has 2 aliphatic rings. The number of hydrogen-bond donors (Lipinski definition) is 2. The topological polar surface area (TPSA) is 24.1 Å². The zero-order chi connectivity index (χ0) is 14.1. The molecule has 2 heterocycles. The second-order valence-electron chi connectivity index (χ2n) is 8.61. The summed E-state index contributed by atoms with van der Waals surface area (Å²) in [5.41, 5.74) is 0.938. The van der Waals surface area contributed by atoms with Crippen molar-refractivity contribution in [1.82, 2.24) is 10.6 Å². The van der Waals surface area contributed by atoms with Crippen LogP contribution in [0.2, 0.25) is 0 Å². The van der Waals surface area contributed by atoms with Gasteiger partial charge in [-0.1, -0.05) is 34.6 Å². The molecule has 0 bridgehead atoms. The van der Waals surface area contributed by atoms with Gasteiger partial charge in [0.2, 0.25) is 0 Å². The molecule has 0 spiro atoms. The van der Waals surface area contributed by atoms with E-state index >= 15 is 0 Å². The van der Waals surface area contributed by atoms with Crippen molar-refractivity contribution in [2.75, 3.05) is 26.2 Å². The Bertz CT molecular complexity index is 284. The van der Waals surface area contributed by atoms with Crippen LogP contribution in [-0.2, 0) is 0 Å². The van der Waals surface area contributed by atoms with Crippen LogP contribution >= 0.6 is 0 Å². The summed E-state index contributed by atoms with van der Waals surface area (Å²) in [4.78, 5) is 0. The smallest absolute Gasteiger partial charge is 0.00149 e. The van der Waals surface area contributed by atoms with Gasteiger partial charge in [0.25, 0.3) is 0 Å². The minimum atomic E-state index is 0.455. The standard InChI is InChI=1S/C17H34N2/c1-16(2,3)15-7-9-18-11-13(15)10-17(4,5)14-6-8-19-12-14/h13-15,18-19H,6-12H2,1-5H3/t13?,14?,15-/m1/s1. The molecule has 0 aromatic carbocycles. The Labute approximate surface area is 120 Å².